The van der Waals surface area contributed by atoms with Crippen LogP contribution in [0.2, 0.25) is 0 Å². The second-order valence-corrected chi connectivity index (χ2v) is 3.05. The summed E-state index contributed by atoms with van der Waals surface area (Å²) in [6, 6.07) is 0. The Hall–Kier alpha value is -1.50. The van der Waals surface area contributed by atoms with Crippen LogP contribution in [0.25, 0.3) is 0 Å². The maximum Gasteiger partial charge on any atom is 0.305 e. The van der Waals surface area contributed by atoms with Crippen LogP contribution in [0, 0.1) is 12.3 Å². The third-order valence-electron chi connectivity index (χ3n) is 1.18. The summed E-state index contributed by atoms with van der Waals surface area (Å²) >= 11 is 0. The van der Waals surface area contributed by atoms with E-state index in [1.807, 2.05) is 5.92 Å². The first-order chi connectivity index (χ1) is 5.37. The Bertz CT molecular complexity index is 237. The number of carbonyl (C=O) groups excluding carboxylic acids is 1. The van der Waals surface area contributed by atoms with Gasteiger partial charge in [0.1, 0.15) is 0 Å². The Morgan fingerprint density at radius 2 is 2.08 bits per heavy atom. The van der Waals surface area contributed by atoms with Gasteiger partial charge < -0.3 is 10.4 Å². The van der Waals surface area contributed by atoms with Crippen molar-refractivity contribution in [2.75, 3.05) is 0 Å². The molecule has 12 heavy (non-hydrogen) atoms. The van der Waals surface area contributed by atoms with E-state index < -0.39 is 17.4 Å². The minimum Gasteiger partial charge on any atom is -0.481 e. The molecule has 0 aliphatic carbocycles. The number of carboxylic acid groups (broad SMARTS) is 1. The Kier molecular flexibility index (Phi) is 3.30. The number of hydrogen-bond acceptors (Lipinski definition) is 2. The van der Waals surface area contributed by atoms with Crippen molar-refractivity contribution in [3.05, 3.63) is 0 Å². The first kappa shape index (κ1) is 10.5. The van der Waals surface area contributed by atoms with E-state index >= 15 is 0 Å². The van der Waals surface area contributed by atoms with Crippen LogP contribution in [0.15, 0.2) is 0 Å². The first-order valence-electron chi connectivity index (χ1n) is 3.38. The van der Waals surface area contributed by atoms with Crippen molar-refractivity contribution in [2.45, 2.75) is 25.8 Å². The van der Waals surface area contributed by atoms with Crippen LogP contribution in [0.5, 0.6) is 0 Å². The van der Waals surface area contributed by atoms with Crippen LogP contribution in [0.1, 0.15) is 20.3 Å². The number of amides is 1. The molecule has 0 saturated heterocycles. The summed E-state index contributed by atoms with van der Waals surface area (Å²) in [5.41, 5.74) is -0.796. The van der Waals surface area contributed by atoms with E-state index in [-0.39, 0.29) is 6.42 Å². The third kappa shape index (κ3) is 4.34. The summed E-state index contributed by atoms with van der Waals surface area (Å²) in [6.45, 7) is 3.19. The van der Waals surface area contributed by atoms with Gasteiger partial charge in [0.2, 0.25) is 0 Å². The van der Waals surface area contributed by atoms with Crippen LogP contribution < -0.4 is 5.32 Å². The topological polar surface area (TPSA) is 66.4 Å². The Morgan fingerprint density at radius 1 is 1.58 bits per heavy atom. The van der Waals surface area contributed by atoms with Gasteiger partial charge in [-0.25, -0.2) is 0 Å². The van der Waals surface area contributed by atoms with E-state index in [4.69, 9.17) is 11.5 Å². The maximum atomic E-state index is 10.7. The number of nitrogens with one attached hydrogen (secondary N) is 1. The number of aliphatic carboxylic acids is 1. The molecule has 0 saturated carbocycles. The molecule has 0 radical (unpaired) electrons. The quantitative estimate of drug-likeness (QED) is 0.584. The molecule has 0 unspecified atom stereocenters. The van der Waals surface area contributed by atoms with E-state index in [0.717, 1.165) is 0 Å². The fourth-order valence-electron chi connectivity index (χ4n) is 0.766. The monoisotopic (exact) mass is 169 g/mol. The third-order valence-corrected chi connectivity index (χ3v) is 1.18. The molecular weight excluding hydrogens is 158 g/mol. The zero-order chi connectivity index (χ0) is 9.78. The lowest BCUT2D eigenvalue weighted by Gasteiger charge is -2.22. The molecule has 0 bridgehead atoms. The van der Waals surface area contributed by atoms with E-state index in [2.05, 4.69) is 5.32 Å². The maximum absolute atomic E-state index is 10.7. The van der Waals surface area contributed by atoms with Crippen molar-refractivity contribution in [1.82, 2.24) is 5.32 Å². The summed E-state index contributed by atoms with van der Waals surface area (Å²) in [6.07, 6.45) is 4.65. The fourth-order valence-corrected chi connectivity index (χ4v) is 0.766. The van der Waals surface area contributed by atoms with Gasteiger partial charge in [-0.1, -0.05) is 0 Å². The summed E-state index contributed by atoms with van der Waals surface area (Å²) < 4.78 is 0. The van der Waals surface area contributed by atoms with Crippen molar-refractivity contribution >= 4 is 11.9 Å². The number of carboxylic acids is 1. The summed E-state index contributed by atoms with van der Waals surface area (Å²) in [5, 5.41) is 10.8. The highest BCUT2D eigenvalue weighted by molar-refractivity contribution is 5.93. The molecule has 0 atom stereocenters. The van der Waals surface area contributed by atoms with E-state index in [9.17, 15) is 9.59 Å². The number of rotatable bonds is 3. The normalized spacial score (nSPS) is 10.1. The van der Waals surface area contributed by atoms with Gasteiger partial charge in [0, 0.05) is 5.54 Å². The SMILES string of the molecule is C#CC(=O)NC(C)(C)CC(=O)O. The second-order valence-electron chi connectivity index (χ2n) is 3.05. The van der Waals surface area contributed by atoms with Gasteiger partial charge in [-0.3, -0.25) is 9.59 Å². The number of terminal acetylenes is 1. The summed E-state index contributed by atoms with van der Waals surface area (Å²) in [4.78, 5) is 21.0. The number of hydrogen-bond donors (Lipinski definition) is 2. The molecule has 4 nitrogen and oxygen atoms in total. The molecule has 2 N–H and O–H groups in total. The average Bonchev–Trinajstić information content (AvgIpc) is 1.83. The fraction of sp³-hybridized carbons (Fsp3) is 0.500. The molecule has 4 heteroatoms. The van der Waals surface area contributed by atoms with Crippen molar-refractivity contribution in [3.63, 3.8) is 0 Å². The molecule has 0 aliphatic rings. The van der Waals surface area contributed by atoms with E-state index in [0.29, 0.717) is 0 Å². The summed E-state index contributed by atoms with van der Waals surface area (Å²) in [7, 11) is 0. The lowest BCUT2D eigenvalue weighted by molar-refractivity contribution is -0.138. The second kappa shape index (κ2) is 3.77. The van der Waals surface area contributed by atoms with Crippen LogP contribution in [-0.2, 0) is 9.59 Å². The molecule has 0 aromatic carbocycles. The van der Waals surface area contributed by atoms with E-state index in [1.165, 1.54) is 0 Å². The molecule has 0 rings (SSSR count). The van der Waals surface area contributed by atoms with Gasteiger partial charge in [-0.05, 0) is 19.8 Å². The zero-order valence-corrected chi connectivity index (χ0v) is 7.05. The van der Waals surface area contributed by atoms with Crippen molar-refractivity contribution in [3.8, 4) is 12.3 Å². The van der Waals surface area contributed by atoms with Crippen molar-refractivity contribution < 1.29 is 14.7 Å². The van der Waals surface area contributed by atoms with Gasteiger partial charge in [0.25, 0.3) is 5.91 Å². The van der Waals surface area contributed by atoms with Gasteiger partial charge in [-0.15, -0.1) is 6.42 Å². The molecule has 0 aromatic heterocycles. The lowest BCUT2D eigenvalue weighted by Crippen LogP contribution is -2.44. The Balaban J connectivity index is 4.14. The van der Waals surface area contributed by atoms with Crippen LogP contribution in [0.4, 0.5) is 0 Å². The Labute approximate surface area is 71.0 Å². The molecule has 0 aliphatic heterocycles. The van der Waals surface area contributed by atoms with Crippen LogP contribution in [0.3, 0.4) is 0 Å². The minimum atomic E-state index is -0.975. The van der Waals surface area contributed by atoms with Gasteiger partial charge in [-0.2, -0.15) is 0 Å². The lowest BCUT2D eigenvalue weighted by atomic mass is 10.0. The molecular formula is C8H11NO3. The smallest absolute Gasteiger partial charge is 0.305 e. The Morgan fingerprint density at radius 3 is 2.42 bits per heavy atom. The first-order valence-corrected chi connectivity index (χ1v) is 3.38. The van der Waals surface area contributed by atoms with Crippen LogP contribution in [-0.4, -0.2) is 22.5 Å². The molecule has 66 valence electrons. The van der Waals surface area contributed by atoms with Gasteiger partial charge >= 0.3 is 5.97 Å². The summed E-state index contributed by atoms with van der Waals surface area (Å²) in [5.74, 6) is 0.281. The van der Waals surface area contributed by atoms with E-state index in [1.54, 1.807) is 13.8 Å². The van der Waals surface area contributed by atoms with Gasteiger partial charge in [0.15, 0.2) is 0 Å². The molecule has 0 fully saturated rings. The van der Waals surface area contributed by atoms with Gasteiger partial charge in [0.05, 0.1) is 6.42 Å². The highest BCUT2D eigenvalue weighted by Gasteiger charge is 2.22. The molecule has 0 heterocycles. The standard InChI is InChI=1S/C8H11NO3/c1-4-6(10)9-8(2,3)5-7(11)12/h1H,5H2,2-3H3,(H,9,10)(H,11,12). The predicted octanol–water partition coefficient (Wildman–Crippen LogP) is -0.0109. The largest absolute Gasteiger partial charge is 0.481 e. The minimum absolute atomic E-state index is 0.152. The van der Waals surface area contributed by atoms with Crippen molar-refractivity contribution in [2.24, 2.45) is 0 Å². The molecule has 0 aromatic rings. The average molecular weight is 169 g/mol. The highest BCUT2D eigenvalue weighted by atomic mass is 16.4. The van der Waals surface area contributed by atoms with Crippen LogP contribution >= 0.6 is 0 Å². The zero-order valence-electron chi connectivity index (χ0n) is 7.05. The highest BCUT2D eigenvalue weighted by Crippen LogP contribution is 2.07. The van der Waals surface area contributed by atoms with Crippen molar-refractivity contribution in [1.29, 1.82) is 0 Å². The molecule has 0 spiro atoms. The predicted molar refractivity (Wildman–Crippen MR) is 43.3 cm³/mol. The molecule has 1 amide bonds. The number of carbonyl (C=O) groups is 2.